The molecule has 4 aromatic rings. The minimum Gasteiger partial charge on any atom is -0.475 e. The van der Waals surface area contributed by atoms with Crippen LogP contribution in [0, 0.1) is 0 Å². The summed E-state index contributed by atoms with van der Waals surface area (Å²) in [6.45, 7) is 0. The Kier molecular flexibility index (Phi) is 15.1. The Morgan fingerprint density at radius 2 is 1.39 bits per heavy atom. The van der Waals surface area contributed by atoms with Crippen molar-refractivity contribution in [1.82, 2.24) is 20.3 Å². The first-order valence-electron chi connectivity index (χ1n) is 14.4. The molecule has 3 aromatic heterocycles. The number of hydrogen-bond acceptors (Lipinski definition) is 6. The number of ketones is 1. The number of carbonyl (C=O) groups is 4. The number of carboxylic acid groups (broad SMARTS) is 2. The summed E-state index contributed by atoms with van der Waals surface area (Å²) in [4.78, 5) is 55.1. The van der Waals surface area contributed by atoms with Gasteiger partial charge in [-0.25, -0.2) is 19.1 Å². The SMILES string of the molecule is C[n+]1ccc(C(=O)N[C@@H](CCCCCC(=O)c2ccccn2)c2ncc(-c3ccccc3)[nH]2)cc1.O=C(O)C(F)(F)F.O=C(O)C(F)(F)F. The number of carboxylic acids is 2. The van der Waals surface area contributed by atoms with Gasteiger partial charge in [0.05, 0.1) is 23.5 Å². The van der Waals surface area contributed by atoms with Crippen molar-refractivity contribution in [3.05, 3.63) is 103 Å². The van der Waals surface area contributed by atoms with Gasteiger partial charge in [-0.15, -0.1) is 0 Å². The maximum atomic E-state index is 12.9. The molecule has 262 valence electrons. The van der Waals surface area contributed by atoms with Crippen LogP contribution in [0.5, 0.6) is 0 Å². The summed E-state index contributed by atoms with van der Waals surface area (Å²) in [6.07, 6.45) is 0.659. The summed E-state index contributed by atoms with van der Waals surface area (Å²) in [7, 11) is 1.91. The Morgan fingerprint density at radius 1 is 0.816 bits per heavy atom. The third-order valence-corrected chi connectivity index (χ3v) is 6.39. The monoisotopic (exact) mass is 696 g/mol. The van der Waals surface area contributed by atoms with Crippen LogP contribution in [0.25, 0.3) is 11.3 Å². The summed E-state index contributed by atoms with van der Waals surface area (Å²) in [5.41, 5.74) is 3.06. The minimum atomic E-state index is -5.08. The number of alkyl halides is 6. The molecule has 1 aromatic carbocycles. The fourth-order valence-electron chi connectivity index (χ4n) is 3.92. The predicted molar refractivity (Wildman–Crippen MR) is 161 cm³/mol. The van der Waals surface area contributed by atoms with Crippen molar-refractivity contribution in [2.75, 3.05) is 0 Å². The molecule has 0 aliphatic heterocycles. The molecule has 1 atom stereocenters. The highest BCUT2D eigenvalue weighted by Gasteiger charge is 2.38. The first-order chi connectivity index (χ1) is 23.0. The van der Waals surface area contributed by atoms with E-state index in [1.165, 1.54) is 0 Å². The van der Waals surface area contributed by atoms with E-state index in [4.69, 9.17) is 19.8 Å². The number of aliphatic carboxylic acids is 2. The zero-order valence-corrected chi connectivity index (χ0v) is 25.8. The number of H-pyrrole nitrogens is 1. The molecule has 0 spiro atoms. The lowest BCUT2D eigenvalue weighted by Crippen LogP contribution is -2.31. The van der Waals surface area contributed by atoms with E-state index in [9.17, 15) is 35.9 Å². The smallest absolute Gasteiger partial charge is 0.475 e. The van der Waals surface area contributed by atoms with E-state index < -0.39 is 24.3 Å². The topological polar surface area (TPSA) is 166 Å². The van der Waals surface area contributed by atoms with Crippen molar-refractivity contribution in [2.24, 2.45) is 7.05 Å². The van der Waals surface area contributed by atoms with Crippen molar-refractivity contribution < 1.29 is 60.3 Å². The lowest BCUT2D eigenvalue weighted by atomic mass is 10.0. The number of carbonyl (C=O) groups excluding carboxylic acids is 2. The summed E-state index contributed by atoms with van der Waals surface area (Å²) >= 11 is 0. The molecule has 0 radical (unpaired) electrons. The van der Waals surface area contributed by atoms with Gasteiger partial charge < -0.3 is 20.5 Å². The van der Waals surface area contributed by atoms with Crippen LogP contribution in [0.4, 0.5) is 26.3 Å². The van der Waals surface area contributed by atoms with Crippen molar-refractivity contribution >= 4 is 23.6 Å². The Morgan fingerprint density at radius 3 is 1.92 bits per heavy atom. The quantitative estimate of drug-likeness (QED) is 0.0655. The van der Waals surface area contributed by atoms with Crippen LogP contribution in [0.2, 0.25) is 0 Å². The van der Waals surface area contributed by atoms with Crippen LogP contribution < -0.4 is 9.88 Å². The molecule has 17 heteroatoms. The van der Waals surface area contributed by atoms with Crippen molar-refractivity contribution in [2.45, 2.75) is 50.5 Å². The van der Waals surface area contributed by atoms with Gasteiger partial charge in [-0.3, -0.25) is 14.6 Å². The maximum absolute atomic E-state index is 12.9. The molecule has 0 bridgehead atoms. The molecule has 0 unspecified atom stereocenters. The average Bonchev–Trinajstić information content (AvgIpc) is 3.55. The van der Waals surface area contributed by atoms with Crippen LogP contribution >= 0.6 is 0 Å². The fraction of sp³-hybridized carbons (Fsp3) is 0.281. The molecule has 4 rings (SSSR count). The van der Waals surface area contributed by atoms with E-state index in [0.717, 1.165) is 36.3 Å². The summed E-state index contributed by atoms with van der Waals surface area (Å²) in [6, 6.07) is 18.7. The molecule has 4 N–H and O–H groups in total. The van der Waals surface area contributed by atoms with E-state index in [0.29, 0.717) is 24.1 Å². The number of benzene rings is 1. The van der Waals surface area contributed by atoms with Gasteiger partial charge in [-0.05, 0) is 30.5 Å². The highest BCUT2D eigenvalue weighted by Crippen LogP contribution is 2.23. The van der Waals surface area contributed by atoms with E-state index in [1.807, 2.05) is 60.4 Å². The molecule has 0 saturated heterocycles. The van der Waals surface area contributed by atoms with Gasteiger partial charge in [0.1, 0.15) is 18.6 Å². The Balaban J connectivity index is 0.000000500. The second-order valence-electron chi connectivity index (χ2n) is 10.2. The highest BCUT2D eigenvalue weighted by molar-refractivity contribution is 5.94. The molecule has 0 aliphatic rings. The number of aryl methyl sites for hydroxylation is 1. The van der Waals surface area contributed by atoms with Crippen LogP contribution in [-0.4, -0.2) is 61.1 Å². The van der Waals surface area contributed by atoms with Crippen LogP contribution in [-0.2, 0) is 16.6 Å². The summed E-state index contributed by atoms with van der Waals surface area (Å²) in [5, 5.41) is 17.4. The lowest BCUT2D eigenvalue weighted by molar-refractivity contribution is -0.671. The fourth-order valence-corrected chi connectivity index (χ4v) is 3.92. The number of pyridine rings is 2. The molecule has 1 amide bonds. The number of halogens is 6. The summed E-state index contributed by atoms with van der Waals surface area (Å²) < 4.78 is 65.4. The number of aromatic nitrogens is 4. The predicted octanol–water partition coefficient (Wildman–Crippen LogP) is 5.87. The number of nitrogens with one attached hydrogen (secondary N) is 2. The minimum absolute atomic E-state index is 0.0613. The Labute approximate surface area is 275 Å². The molecule has 0 fully saturated rings. The molecular weight excluding hydrogens is 664 g/mol. The third kappa shape index (κ3) is 14.4. The normalized spacial score (nSPS) is 11.6. The Hall–Kier alpha value is -5.61. The first-order valence-corrected chi connectivity index (χ1v) is 14.4. The molecular formula is C32H32F6N5O6+. The number of nitrogens with zero attached hydrogens (tertiary/aromatic N) is 3. The van der Waals surface area contributed by atoms with Crippen molar-refractivity contribution in [3.63, 3.8) is 0 Å². The van der Waals surface area contributed by atoms with Gasteiger partial charge in [-0.2, -0.15) is 26.3 Å². The van der Waals surface area contributed by atoms with E-state index in [-0.39, 0.29) is 17.7 Å². The third-order valence-electron chi connectivity index (χ3n) is 6.39. The molecule has 11 nitrogen and oxygen atoms in total. The first kappa shape index (κ1) is 39.6. The van der Waals surface area contributed by atoms with E-state index >= 15 is 0 Å². The highest BCUT2D eigenvalue weighted by atomic mass is 19.4. The number of imidazole rings is 1. The van der Waals surface area contributed by atoms with Gasteiger partial charge in [0, 0.05) is 24.8 Å². The second kappa shape index (κ2) is 18.7. The zero-order valence-electron chi connectivity index (χ0n) is 25.8. The lowest BCUT2D eigenvalue weighted by Gasteiger charge is -2.17. The average molecular weight is 697 g/mol. The molecule has 0 saturated carbocycles. The van der Waals surface area contributed by atoms with Crippen molar-refractivity contribution in [1.29, 1.82) is 0 Å². The maximum Gasteiger partial charge on any atom is 0.490 e. The summed E-state index contributed by atoms with van der Waals surface area (Å²) in [5.74, 6) is -4.87. The van der Waals surface area contributed by atoms with E-state index in [2.05, 4.69) is 20.3 Å². The Bertz CT molecular complexity index is 1620. The zero-order chi connectivity index (χ0) is 36.6. The van der Waals surface area contributed by atoms with Gasteiger partial charge in [0.2, 0.25) is 0 Å². The van der Waals surface area contributed by atoms with Gasteiger partial charge in [0.15, 0.2) is 18.2 Å². The number of Topliss-reactive ketones (excluding diaryl/α,β-unsaturated/α-hetero) is 1. The van der Waals surface area contributed by atoms with Gasteiger partial charge >= 0.3 is 24.3 Å². The largest absolute Gasteiger partial charge is 0.490 e. The van der Waals surface area contributed by atoms with E-state index in [1.54, 1.807) is 36.7 Å². The number of aromatic amines is 1. The molecule has 49 heavy (non-hydrogen) atoms. The van der Waals surface area contributed by atoms with Crippen LogP contribution in [0.15, 0.2) is 85.5 Å². The number of rotatable bonds is 11. The number of hydrogen-bond donors (Lipinski definition) is 4. The van der Waals surface area contributed by atoms with Gasteiger partial charge in [-0.1, -0.05) is 49.2 Å². The second-order valence-corrected chi connectivity index (χ2v) is 10.2. The molecule has 0 aliphatic carbocycles. The number of unbranched alkanes of at least 4 members (excludes halogenated alkanes) is 2. The standard InChI is InChI=1S/C28H29N5O2.2C2HF3O2/c1-33-18-15-22(16-19-33)28(35)32-24(27-30-20-25(31-27)21-10-4-2-5-11-21)13-6-3-7-14-26(34)23-12-8-9-17-29-23;2*3-2(4,5)1(6)7/h2,4-5,8-12,15-20,24H,3,6-7,13-14H2,1H3,(H-,30,31,32,35);2*(H,6,7)/p+1/t24-;;/m0../s1. The van der Waals surface area contributed by atoms with Crippen LogP contribution in [0.1, 0.15) is 64.8 Å². The molecule has 3 heterocycles. The number of amides is 1. The van der Waals surface area contributed by atoms with Gasteiger partial charge in [0.25, 0.3) is 5.91 Å². The van der Waals surface area contributed by atoms with Crippen molar-refractivity contribution in [3.8, 4) is 11.3 Å². The van der Waals surface area contributed by atoms with Crippen LogP contribution in [0.3, 0.4) is 0 Å².